The molecule has 1 atom stereocenters. The summed E-state index contributed by atoms with van der Waals surface area (Å²) in [4.78, 5) is 25.2. The zero-order valence-electron chi connectivity index (χ0n) is 12.2. The average molecular weight is 345 g/mol. The van der Waals surface area contributed by atoms with Gasteiger partial charge in [-0.05, 0) is 38.0 Å². The fraction of sp³-hybridized carbons (Fsp3) is 0.467. The van der Waals surface area contributed by atoms with Crippen LogP contribution in [0.15, 0.2) is 18.2 Å². The molecule has 1 fully saturated rings. The zero-order chi connectivity index (χ0) is 16.3. The molecule has 1 saturated heterocycles. The molecular weight excluding hydrogens is 327 g/mol. The van der Waals surface area contributed by atoms with E-state index < -0.39 is 6.10 Å². The number of nitrogens with zero attached hydrogens (tertiary/aromatic N) is 1. The van der Waals surface area contributed by atoms with Crippen LogP contribution in [-0.4, -0.2) is 35.9 Å². The van der Waals surface area contributed by atoms with Crippen LogP contribution >= 0.6 is 23.2 Å². The maximum Gasteiger partial charge on any atom is 0.263 e. The minimum Gasteiger partial charge on any atom is -0.479 e. The summed E-state index contributed by atoms with van der Waals surface area (Å²) < 4.78 is 5.62. The summed E-state index contributed by atoms with van der Waals surface area (Å²) in [5.41, 5.74) is 5.29. The molecule has 0 unspecified atom stereocenters. The first-order chi connectivity index (χ1) is 10.4. The number of halogens is 2. The van der Waals surface area contributed by atoms with Crippen LogP contribution in [0.3, 0.4) is 0 Å². The Morgan fingerprint density at radius 2 is 1.95 bits per heavy atom. The van der Waals surface area contributed by atoms with Crippen LogP contribution in [0.4, 0.5) is 0 Å². The summed E-state index contributed by atoms with van der Waals surface area (Å²) in [5, 5.41) is 0.865. The summed E-state index contributed by atoms with van der Waals surface area (Å²) >= 11 is 11.9. The number of carbonyl (C=O) groups excluding carboxylic acids is 2. The van der Waals surface area contributed by atoms with Crippen LogP contribution in [0, 0.1) is 5.92 Å². The number of piperidine rings is 1. The predicted molar refractivity (Wildman–Crippen MR) is 85.1 cm³/mol. The van der Waals surface area contributed by atoms with Crippen LogP contribution in [0.5, 0.6) is 5.75 Å². The van der Waals surface area contributed by atoms with Gasteiger partial charge in [0.1, 0.15) is 5.75 Å². The largest absolute Gasteiger partial charge is 0.479 e. The van der Waals surface area contributed by atoms with Gasteiger partial charge in [0.15, 0.2) is 6.10 Å². The second kappa shape index (κ2) is 7.20. The summed E-state index contributed by atoms with van der Waals surface area (Å²) in [5.74, 6) is -0.164. The zero-order valence-corrected chi connectivity index (χ0v) is 13.7. The first kappa shape index (κ1) is 16.9. The first-order valence-corrected chi connectivity index (χ1v) is 7.84. The third-order valence-corrected chi connectivity index (χ3v) is 4.28. The lowest BCUT2D eigenvalue weighted by Gasteiger charge is -2.32. The molecule has 2 amide bonds. The lowest BCUT2D eigenvalue weighted by molar-refractivity contribution is -0.140. The molecule has 1 aromatic rings. The highest BCUT2D eigenvalue weighted by molar-refractivity contribution is 6.35. The highest BCUT2D eigenvalue weighted by Crippen LogP contribution is 2.28. The highest BCUT2D eigenvalue weighted by Gasteiger charge is 2.29. The Bertz CT molecular complexity index is 572. The normalized spacial score (nSPS) is 17.1. The molecule has 1 aliphatic heterocycles. The van der Waals surface area contributed by atoms with Crippen molar-refractivity contribution in [1.29, 1.82) is 0 Å². The van der Waals surface area contributed by atoms with Crippen molar-refractivity contribution in [1.82, 2.24) is 4.90 Å². The smallest absolute Gasteiger partial charge is 0.263 e. The van der Waals surface area contributed by atoms with E-state index in [9.17, 15) is 9.59 Å². The van der Waals surface area contributed by atoms with Gasteiger partial charge in [0.25, 0.3) is 5.91 Å². The van der Waals surface area contributed by atoms with E-state index in [2.05, 4.69) is 0 Å². The van der Waals surface area contributed by atoms with E-state index in [0.717, 1.165) is 0 Å². The van der Waals surface area contributed by atoms with Crippen LogP contribution in [-0.2, 0) is 9.59 Å². The summed E-state index contributed by atoms with van der Waals surface area (Å²) in [6, 6.07) is 4.85. The number of hydrogen-bond acceptors (Lipinski definition) is 3. The summed E-state index contributed by atoms with van der Waals surface area (Å²) in [6.07, 6.45) is 0.522. The van der Waals surface area contributed by atoms with Crippen LogP contribution in [0.2, 0.25) is 10.0 Å². The molecular formula is C15H18Cl2N2O3. The summed E-state index contributed by atoms with van der Waals surface area (Å²) in [7, 11) is 0. The number of nitrogens with two attached hydrogens (primary N) is 1. The molecule has 0 aliphatic carbocycles. The molecule has 5 nitrogen and oxygen atoms in total. The molecule has 0 radical (unpaired) electrons. The van der Waals surface area contributed by atoms with Crippen molar-refractivity contribution in [3.8, 4) is 5.75 Å². The van der Waals surface area contributed by atoms with Crippen molar-refractivity contribution in [3.63, 3.8) is 0 Å². The van der Waals surface area contributed by atoms with Crippen LogP contribution in [0.25, 0.3) is 0 Å². The molecule has 120 valence electrons. The van der Waals surface area contributed by atoms with Crippen molar-refractivity contribution >= 4 is 35.0 Å². The van der Waals surface area contributed by atoms with Gasteiger partial charge in [-0.3, -0.25) is 9.59 Å². The highest BCUT2D eigenvalue weighted by atomic mass is 35.5. The Hall–Kier alpha value is -1.46. The van der Waals surface area contributed by atoms with Crippen molar-refractivity contribution in [3.05, 3.63) is 28.2 Å². The Morgan fingerprint density at radius 1 is 1.32 bits per heavy atom. The number of primary amides is 1. The van der Waals surface area contributed by atoms with Gasteiger partial charge in [-0.2, -0.15) is 0 Å². The van der Waals surface area contributed by atoms with Gasteiger partial charge in [-0.15, -0.1) is 0 Å². The maximum absolute atomic E-state index is 12.4. The minimum atomic E-state index is -0.663. The number of carbonyl (C=O) groups is 2. The molecule has 2 N–H and O–H groups in total. The lowest BCUT2D eigenvalue weighted by Crippen LogP contribution is -2.46. The quantitative estimate of drug-likeness (QED) is 0.911. The van der Waals surface area contributed by atoms with Gasteiger partial charge in [-0.1, -0.05) is 23.2 Å². The molecule has 22 heavy (non-hydrogen) atoms. The van der Waals surface area contributed by atoms with Crippen LogP contribution < -0.4 is 10.5 Å². The van der Waals surface area contributed by atoms with Crippen molar-refractivity contribution in [2.45, 2.75) is 25.9 Å². The molecule has 0 spiro atoms. The maximum atomic E-state index is 12.4. The van der Waals surface area contributed by atoms with Crippen molar-refractivity contribution in [2.24, 2.45) is 11.7 Å². The van der Waals surface area contributed by atoms with Gasteiger partial charge in [0, 0.05) is 24.0 Å². The SMILES string of the molecule is C[C@@H](Oc1ccc(Cl)cc1Cl)C(=O)N1CCC(C(N)=O)CC1. The third kappa shape index (κ3) is 4.05. The number of rotatable bonds is 4. The fourth-order valence-corrected chi connectivity index (χ4v) is 2.91. The topological polar surface area (TPSA) is 72.6 Å². The Morgan fingerprint density at radius 3 is 2.50 bits per heavy atom. The Balaban J connectivity index is 1.94. The standard InChI is InChI=1S/C15H18Cl2N2O3/c1-9(22-13-3-2-11(16)8-12(13)17)15(21)19-6-4-10(5-7-19)14(18)20/h2-3,8-10H,4-7H2,1H3,(H2,18,20)/t9-/m1/s1. The van der Waals surface area contributed by atoms with Crippen molar-refractivity contribution in [2.75, 3.05) is 13.1 Å². The molecule has 0 bridgehead atoms. The first-order valence-electron chi connectivity index (χ1n) is 7.08. The van der Waals surface area contributed by atoms with E-state index in [0.29, 0.717) is 41.7 Å². The molecule has 1 heterocycles. The van der Waals surface area contributed by atoms with Crippen molar-refractivity contribution < 1.29 is 14.3 Å². The lowest BCUT2D eigenvalue weighted by atomic mass is 9.96. The average Bonchev–Trinajstić information content (AvgIpc) is 2.49. The number of amides is 2. The predicted octanol–water partition coefficient (Wildman–Crippen LogP) is 2.48. The van der Waals surface area contributed by atoms with Gasteiger partial charge < -0.3 is 15.4 Å². The Kier molecular flexibility index (Phi) is 5.53. The van der Waals surface area contributed by atoms with Gasteiger partial charge >= 0.3 is 0 Å². The van der Waals surface area contributed by atoms with E-state index in [1.54, 1.807) is 30.0 Å². The van der Waals surface area contributed by atoms with E-state index in [-0.39, 0.29) is 17.7 Å². The molecule has 7 heteroatoms. The second-order valence-electron chi connectivity index (χ2n) is 5.34. The van der Waals surface area contributed by atoms with Gasteiger partial charge in [0.05, 0.1) is 5.02 Å². The second-order valence-corrected chi connectivity index (χ2v) is 6.18. The monoisotopic (exact) mass is 344 g/mol. The number of ether oxygens (including phenoxy) is 1. The van der Waals surface area contributed by atoms with Gasteiger partial charge in [0.2, 0.25) is 5.91 Å². The van der Waals surface area contributed by atoms with E-state index in [4.69, 9.17) is 33.7 Å². The third-order valence-electron chi connectivity index (χ3n) is 3.75. The van der Waals surface area contributed by atoms with E-state index in [1.807, 2.05) is 0 Å². The Labute approximate surface area is 139 Å². The van der Waals surface area contributed by atoms with E-state index >= 15 is 0 Å². The molecule has 0 aromatic heterocycles. The molecule has 0 saturated carbocycles. The number of hydrogen-bond donors (Lipinski definition) is 1. The molecule has 1 aliphatic rings. The number of benzene rings is 1. The molecule has 1 aromatic carbocycles. The number of likely N-dealkylation sites (tertiary alicyclic amines) is 1. The van der Waals surface area contributed by atoms with E-state index in [1.165, 1.54) is 0 Å². The van der Waals surface area contributed by atoms with Crippen LogP contribution in [0.1, 0.15) is 19.8 Å². The fourth-order valence-electron chi connectivity index (χ4n) is 2.45. The molecule has 2 rings (SSSR count). The minimum absolute atomic E-state index is 0.131. The van der Waals surface area contributed by atoms with Gasteiger partial charge in [-0.25, -0.2) is 0 Å². The summed E-state index contributed by atoms with van der Waals surface area (Å²) in [6.45, 7) is 2.69.